The number of rotatable bonds is 3. The van der Waals surface area contributed by atoms with Crippen molar-refractivity contribution in [1.29, 1.82) is 0 Å². The Bertz CT molecular complexity index is 4900. The summed E-state index contributed by atoms with van der Waals surface area (Å²) in [5.74, 6) is 1.25. The van der Waals surface area contributed by atoms with Gasteiger partial charge in [-0.05, 0) is 102 Å². The van der Waals surface area contributed by atoms with Crippen molar-refractivity contribution in [2.24, 2.45) is 0 Å². The van der Waals surface area contributed by atoms with Gasteiger partial charge in [0.15, 0.2) is 34.2 Å². The monoisotopic (exact) mass is 953 g/mol. The average molecular weight is 954 g/mol. The molecule has 8 bridgehead atoms. The fourth-order valence-electron chi connectivity index (χ4n) is 11.7. The van der Waals surface area contributed by atoms with Crippen LogP contribution in [0.3, 0.4) is 0 Å². The zero-order valence-electron chi connectivity index (χ0n) is 40.1. The normalized spacial score (nSPS) is 12.0. The van der Waals surface area contributed by atoms with Gasteiger partial charge in [-0.25, -0.2) is 29.9 Å². The van der Waals surface area contributed by atoms with Gasteiger partial charge < -0.3 is 4.57 Å². The second-order valence-corrected chi connectivity index (χ2v) is 19.4. The number of hydrogen-bond donors (Lipinski definition) is 0. The molecule has 0 N–H and O–H groups in total. The van der Waals surface area contributed by atoms with Gasteiger partial charge in [-0.1, -0.05) is 188 Å². The molecule has 0 aliphatic carbocycles. The van der Waals surface area contributed by atoms with Crippen molar-refractivity contribution < 1.29 is 0 Å². The summed E-state index contributed by atoms with van der Waals surface area (Å²) in [5, 5.41) is 18.9. The SMILES string of the molecule is c1ccc(-n2c3c4cc(cc3c3cc5cc(c6ccccc6c6nc(-c7ccc8ccccc8c7)nc(n6)c6ccccc56)c32)c2ccccc2c2nc(-c3ccc5ccccc5c3)nc(n2)c2ccccc24)cc1. The van der Waals surface area contributed by atoms with E-state index in [1.807, 2.05) is 0 Å². The molecular weight excluding hydrogens is 915 g/mol. The largest absolute Gasteiger partial charge is 0.308 e. The van der Waals surface area contributed by atoms with Crippen molar-refractivity contribution in [2.75, 3.05) is 0 Å². The molecule has 346 valence electrons. The van der Waals surface area contributed by atoms with E-state index >= 15 is 0 Å². The summed E-state index contributed by atoms with van der Waals surface area (Å²) in [6, 6.07) is 84.2. The first-order valence-electron chi connectivity index (χ1n) is 25.3. The number of benzene rings is 11. The van der Waals surface area contributed by atoms with Crippen molar-refractivity contribution in [3.8, 4) is 28.5 Å². The highest BCUT2D eigenvalue weighted by Crippen LogP contribution is 2.44. The molecule has 0 saturated carbocycles. The molecule has 0 amide bonds. The first-order valence-corrected chi connectivity index (χ1v) is 25.3. The third-order valence-electron chi connectivity index (χ3n) is 15.1. The zero-order valence-corrected chi connectivity index (χ0v) is 40.1. The first kappa shape index (κ1) is 41.4. The van der Waals surface area contributed by atoms with Crippen LogP contribution in [-0.4, -0.2) is 34.5 Å². The summed E-state index contributed by atoms with van der Waals surface area (Å²) >= 11 is 0. The van der Waals surface area contributed by atoms with E-state index in [4.69, 9.17) is 29.9 Å². The summed E-state index contributed by atoms with van der Waals surface area (Å²) in [6.07, 6.45) is 0. The van der Waals surface area contributed by atoms with Crippen molar-refractivity contribution in [2.45, 2.75) is 0 Å². The predicted molar refractivity (Wildman–Crippen MR) is 311 cm³/mol. The quantitative estimate of drug-likeness (QED) is 0.175. The van der Waals surface area contributed by atoms with Crippen molar-refractivity contribution >= 4 is 131 Å². The molecule has 0 spiro atoms. The highest BCUT2D eigenvalue weighted by atomic mass is 15.0. The fraction of sp³-hybridized carbons (Fsp3) is 0. The van der Waals surface area contributed by atoms with Gasteiger partial charge in [0.1, 0.15) is 0 Å². The van der Waals surface area contributed by atoms with Gasteiger partial charge in [-0.2, -0.15) is 0 Å². The van der Waals surface area contributed by atoms with E-state index in [1.54, 1.807) is 0 Å². The van der Waals surface area contributed by atoms with Crippen LogP contribution in [0.1, 0.15) is 0 Å². The number of nitrogens with zero attached hydrogens (tertiary/aromatic N) is 7. The predicted octanol–water partition coefficient (Wildman–Crippen LogP) is 17.1. The van der Waals surface area contributed by atoms with Crippen LogP contribution in [-0.2, 0) is 0 Å². The van der Waals surface area contributed by atoms with Gasteiger partial charge >= 0.3 is 0 Å². The van der Waals surface area contributed by atoms with Gasteiger partial charge in [0.25, 0.3) is 0 Å². The van der Waals surface area contributed by atoms with Gasteiger partial charge in [0.2, 0.25) is 0 Å². The highest BCUT2D eigenvalue weighted by Gasteiger charge is 2.22. The molecular formula is C68H39N7. The lowest BCUT2D eigenvalue weighted by atomic mass is 9.98. The standard InChI is InChI=1S/C68H39N7/c1-2-20-48(21-3-1)75-61-57-36-46(49-22-8-12-26-53(49)65-69-63(44-32-30-40-16-4-6-18-42(40)34-44)71-67(73-65)55-28-14-10-24-51(55)57)38-59(61)60-39-47-37-58(62(60)75)52-25-11-15-29-56(52)68-72-64(45-33-31-41-17-5-7-19-43(41)35-45)70-66(74-68)54-27-13-9-23-50(47)54/h1-39H. The van der Waals surface area contributed by atoms with Crippen LogP contribution in [0.4, 0.5) is 0 Å². The third-order valence-corrected chi connectivity index (χ3v) is 15.1. The van der Waals surface area contributed by atoms with E-state index in [2.05, 4.69) is 241 Å². The van der Waals surface area contributed by atoms with Crippen molar-refractivity contribution in [3.63, 3.8) is 0 Å². The molecule has 0 saturated heterocycles. The Hall–Kier alpha value is -10.2. The van der Waals surface area contributed by atoms with Crippen LogP contribution in [0.15, 0.2) is 237 Å². The van der Waals surface area contributed by atoms with Crippen LogP contribution in [0, 0.1) is 0 Å². The molecule has 0 radical (unpaired) electrons. The van der Waals surface area contributed by atoms with E-state index in [0.717, 1.165) is 114 Å². The number of fused-ring (bicyclic) bond motifs is 27. The molecule has 0 fully saturated rings. The summed E-state index contributed by atoms with van der Waals surface area (Å²) in [6.45, 7) is 0. The molecule has 0 unspecified atom stereocenters. The molecule has 11 aromatic carbocycles. The minimum atomic E-state index is 0.613. The van der Waals surface area contributed by atoms with Gasteiger partial charge in [-0.15, -0.1) is 0 Å². The van der Waals surface area contributed by atoms with Crippen molar-refractivity contribution in [1.82, 2.24) is 34.5 Å². The van der Waals surface area contributed by atoms with Crippen LogP contribution < -0.4 is 0 Å². The minimum absolute atomic E-state index is 0.613. The summed E-state index contributed by atoms with van der Waals surface area (Å²) in [5.41, 5.74) is 7.53. The van der Waals surface area contributed by atoms with Crippen LogP contribution in [0.2, 0.25) is 0 Å². The number of hydrogen-bond acceptors (Lipinski definition) is 6. The molecule has 5 heterocycles. The molecule has 7 heteroatoms. The van der Waals surface area contributed by atoms with E-state index in [9.17, 15) is 0 Å². The number of para-hydroxylation sites is 1. The fourth-order valence-corrected chi connectivity index (χ4v) is 11.7. The maximum Gasteiger partial charge on any atom is 0.164 e. The first-order chi connectivity index (χ1) is 37.1. The molecule has 7 nitrogen and oxygen atoms in total. The highest BCUT2D eigenvalue weighted by molar-refractivity contribution is 6.30. The minimum Gasteiger partial charge on any atom is -0.308 e. The Morgan fingerprint density at radius 3 is 0.947 bits per heavy atom. The maximum absolute atomic E-state index is 5.35. The van der Waals surface area contributed by atoms with Gasteiger partial charge in [0, 0.05) is 59.9 Å². The molecule has 5 aromatic heterocycles. The summed E-state index contributed by atoms with van der Waals surface area (Å²) in [7, 11) is 0. The van der Waals surface area contributed by atoms with Crippen LogP contribution >= 0.6 is 0 Å². The van der Waals surface area contributed by atoms with Crippen LogP contribution in [0.25, 0.3) is 159 Å². The lowest BCUT2D eigenvalue weighted by molar-refractivity contribution is 1.18. The Morgan fingerprint density at radius 2 is 0.533 bits per heavy atom. The summed E-state index contributed by atoms with van der Waals surface area (Å²) in [4.78, 5) is 32.0. The third kappa shape index (κ3) is 6.48. The average Bonchev–Trinajstić information content (AvgIpc) is 3.85. The molecule has 0 atom stereocenters. The van der Waals surface area contributed by atoms with Crippen molar-refractivity contribution in [3.05, 3.63) is 237 Å². The molecule has 16 aromatic rings. The smallest absolute Gasteiger partial charge is 0.164 e. The zero-order chi connectivity index (χ0) is 49.1. The summed E-state index contributed by atoms with van der Waals surface area (Å²) < 4.78 is 2.48. The lowest BCUT2D eigenvalue weighted by Crippen LogP contribution is -1.97. The Labute approximate surface area is 428 Å². The Balaban J connectivity index is 1.12. The molecule has 16 rings (SSSR count). The second kappa shape index (κ2) is 16.1. The number of aromatic nitrogens is 7. The Kier molecular flexibility index (Phi) is 8.90. The van der Waals surface area contributed by atoms with E-state index in [0.29, 0.717) is 34.2 Å². The Morgan fingerprint density at radius 1 is 0.213 bits per heavy atom. The van der Waals surface area contributed by atoms with E-state index < -0.39 is 0 Å². The van der Waals surface area contributed by atoms with E-state index in [1.165, 1.54) is 10.8 Å². The second-order valence-electron chi connectivity index (χ2n) is 19.4. The van der Waals surface area contributed by atoms with Crippen LogP contribution in [0.5, 0.6) is 0 Å². The van der Waals surface area contributed by atoms with E-state index in [-0.39, 0.29) is 0 Å². The lowest BCUT2D eigenvalue weighted by Gasteiger charge is -2.13. The molecule has 0 aliphatic heterocycles. The van der Waals surface area contributed by atoms with Gasteiger partial charge in [-0.3, -0.25) is 0 Å². The molecule has 75 heavy (non-hydrogen) atoms. The van der Waals surface area contributed by atoms with Gasteiger partial charge in [0.05, 0.1) is 11.0 Å². The molecule has 0 aliphatic rings. The topological polar surface area (TPSA) is 82.3 Å². The maximum atomic E-state index is 5.35.